The normalized spacial score (nSPS) is 15.7. The van der Waals surface area contributed by atoms with Crippen LogP contribution in [0.15, 0.2) is 44.6 Å². The zero-order valence-corrected chi connectivity index (χ0v) is 15.7. The molecule has 1 aromatic carbocycles. The molecular weight excluding hydrogens is 372 g/mol. The smallest absolute Gasteiger partial charge is 0.328 e. The highest BCUT2D eigenvalue weighted by molar-refractivity contribution is 7.09. The van der Waals surface area contributed by atoms with Crippen molar-refractivity contribution in [1.82, 2.24) is 14.5 Å². The molecule has 0 bridgehead atoms. The third kappa shape index (κ3) is 3.42. The van der Waals surface area contributed by atoms with Crippen LogP contribution >= 0.6 is 22.9 Å². The first-order valence-corrected chi connectivity index (χ1v) is 9.86. The van der Waals surface area contributed by atoms with Crippen LogP contribution < -0.4 is 16.1 Å². The molecule has 1 aliphatic heterocycles. The summed E-state index contributed by atoms with van der Waals surface area (Å²) in [6, 6.07) is 7.88. The number of H-pyrrole nitrogens is 1. The van der Waals surface area contributed by atoms with E-state index in [1.165, 1.54) is 15.9 Å². The Balaban J connectivity index is 1.40. The molecule has 1 N–H and O–H groups in total. The summed E-state index contributed by atoms with van der Waals surface area (Å²) in [6.07, 6.45) is 0. The lowest BCUT2D eigenvalue weighted by molar-refractivity contribution is 0.246. The zero-order valence-electron chi connectivity index (χ0n) is 14.2. The number of rotatable bonds is 4. The van der Waals surface area contributed by atoms with Gasteiger partial charge in [-0.15, -0.1) is 11.3 Å². The fraction of sp³-hybridized carbons (Fsp3) is 0.333. The Kier molecular flexibility index (Phi) is 4.84. The molecule has 3 heterocycles. The van der Waals surface area contributed by atoms with Crippen molar-refractivity contribution in [3.8, 4) is 0 Å². The summed E-state index contributed by atoms with van der Waals surface area (Å²) < 4.78 is 1.30. The van der Waals surface area contributed by atoms with E-state index in [9.17, 15) is 9.59 Å². The second-order valence-corrected chi connectivity index (χ2v) is 7.57. The van der Waals surface area contributed by atoms with Crippen LogP contribution in [0.2, 0.25) is 5.02 Å². The topological polar surface area (TPSA) is 61.3 Å². The van der Waals surface area contributed by atoms with Gasteiger partial charge in [-0.1, -0.05) is 17.7 Å². The Bertz CT molecular complexity index is 1030. The molecule has 4 rings (SSSR count). The van der Waals surface area contributed by atoms with Crippen LogP contribution in [0.1, 0.15) is 0 Å². The van der Waals surface area contributed by atoms with Gasteiger partial charge in [0.25, 0.3) is 5.56 Å². The van der Waals surface area contributed by atoms with Crippen LogP contribution in [-0.4, -0.2) is 47.2 Å². The van der Waals surface area contributed by atoms with Crippen molar-refractivity contribution >= 4 is 39.5 Å². The number of fused-ring (bicyclic) bond motifs is 1. The molecule has 1 fully saturated rings. The lowest BCUT2D eigenvalue weighted by Gasteiger charge is -2.36. The van der Waals surface area contributed by atoms with E-state index < -0.39 is 0 Å². The average molecular weight is 391 g/mol. The maximum absolute atomic E-state index is 12.5. The molecular formula is C18H19ClN4O2S. The van der Waals surface area contributed by atoms with Gasteiger partial charge < -0.3 is 9.88 Å². The van der Waals surface area contributed by atoms with Crippen LogP contribution in [0.5, 0.6) is 0 Å². The molecule has 0 spiro atoms. The van der Waals surface area contributed by atoms with Crippen molar-refractivity contribution < 1.29 is 0 Å². The van der Waals surface area contributed by atoms with Crippen LogP contribution in [0.25, 0.3) is 10.9 Å². The van der Waals surface area contributed by atoms with Crippen molar-refractivity contribution in [2.24, 2.45) is 0 Å². The van der Waals surface area contributed by atoms with Crippen molar-refractivity contribution in [3.05, 3.63) is 60.9 Å². The number of aromatic nitrogens is 2. The monoisotopic (exact) mass is 390 g/mol. The average Bonchev–Trinajstić information content (AvgIpc) is 3.10. The van der Waals surface area contributed by atoms with Gasteiger partial charge in [0.05, 0.1) is 10.9 Å². The third-order valence-corrected chi connectivity index (χ3v) is 5.79. The number of hydrogen-bond donors (Lipinski definition) is 1. The van der Waals surface area contributed by atoms with E-state index in [1.54, 1.807) is 10.8 Å². The minimum absolute atomic E-state index is 0.206. The van der Waals surface area contributed by atoms with E-state index in [4.69, 9.17) is 11.6 Å². The molecule has 2 aromatic heterocycles. The van der Waals surface area contributed by atoms with Gasteiger partial charge in [-0.05, 0) is 18.2 Å². The Hall–Kier alpha value is -2.09. The second-order valence-electron chi connectivity index (χ2n) is 6.39. The second kappa shape index (κ2) is 7.26. The van der Waals surface area contributed by atoms with Gasteiger partial charge in [0.1, 0.15) is 0 Å². The van der Waals surface area contributed by atoms with E-state index in [2.05, 4.69) is 20.9 Å². The number of nitrogens with one attached hydrogen (secondary N) is 1. The van der Waals surface area contributed by atoms with E-state index in [1.807, 2.05) is 18.2 Å². The summed E-state index contributed by atoms with van der Waals surface area (Å²) in [5.74, 6) is 0. The van der Waals surface area contributed by atoms with E-state index in [0.29, 0.717) is 24.0 Å². The number of halogens is 1. The number of piperazine rings is 1. The first kappa shape index (κ1) is 17.3. The largest absolute Gasteiger partial charge is 0.369 e. The van der Waals surface area contributed by atoms with Gasteiger partial charge >= 0.3 is 5.69 Å². The predicted molar refractivity (Wildman–Crippen MR) is 107 cm³/mol. The molecule has 0 radical (unpaired) electrons. The van der Waals surface area contributed by atoms with Crippen molar-refractivity contribution in [3.63, 3.8) is 0 Å². The fourth-order valence-corrected chi connectivity index (χ4v) is 4.27. The molecule has 6 nitrogen and oxygen atoms in total. The van der Waals surface area contributed by atoms with E-state index in [-0.39, 0.29) is 11.2 Å². The van der Waals surface area contributed by atoms with E-state index >= 15 is 0 Å². The first-order valence-electron chi connectivity index (χ1n) is 8.54. The molecule has 1 saturated heterocycles. The maximum atomic E-state index is 12.5. The minimum Gasteiger partial charge on any atom is -0.369 e. The number of nitrogens with zero attached hydrogens (tertiary/aromatic N) is 3. The van der Waals surface area contributed by atoms with Crippen LogP contribution in [0, 0.1) is 0 Å². The molecule has 0 atom stereocenters. The molecule has 26 heavy (non-hydrogen) atoms. The summed E-state index contributed by atoms with van der Waals surface area (Å²) in [6.45, 7) is 4.66. The summed E-state index contributed by atoms with van der Waals surface area (Å²) >= 11 is 7.49. The SMILES string of the molecule is O=c1[nH]c2cscc2c(=O)n1CCN1CCN(c2cccc(Cl)c2)CC1. The van der Waals surface area contributed by atoms with Gasteiger partial charge in [-0.2, -0.15) is 0 Å². The van der Waals surface area contributed by atoms with Crippen molar-refractivity contribution in [2.45, 2.75) is 6.54 Å². The lowest BCUT2D eigenvalue weighted by atomic mass is 10.2. The molecule has 3 aromatic rings. The van der Waals surface area contributed by atoms with Crippen molar-refractivity contribution in [1.29, 1.82) is 0 Å². The standard InChI is InChI=1S/C18H19ClN4O2S/c19-13-2-1-3-14(10-13)22-7-4-21(5-8-22)6-9-23-17(24)15-11-26-12-16(15)20-18(23)25/h1-3,10-12H,4-9H2,(H,20,25). The molecule has 0 saturated carbocycles. The van der Waals surface area contributed by atoms with Gasteiger partial charge in [0, 0.05) is 60.7 Å². The van der Waals surface area contributed by atoms with Gasteiger partial charge in [-0.3, -0.25) is 14.3 Å². The highest BCUT2D eigenvalue weighted by Crippen LogP contribution is 2.20. The summed E-state index contributed by atoms with van der Waals surface area (Å²) in [4.78, 5) is 32.0. The first-order chi connectivity index (χ1) is 12.6. The van der Waals surface area contributed by atoms with E-state index in [0.717, 1.165) is 36.9 Å². The molecule has 0 amide bonds. The maximum Gasteiger partial charge on any atom is 0.328 e. The van der Waals surface area contributed by atoms with Gasteiger partial charge in [0.2, 0.25) is 0 Å². The summed E-state index contributed by atoms with van der Waals surface area (Å²) in [5.41, 5.74) is 1.21. The zero-order chi connectivity index (χ0) is 18.1. The quantitative estimate of drug-likeness (QED) is 0.742. The predicted octanol–water partition coefficient (Wildman–Crippen LogP) is 2.23. The molecule has 136 valence electrons. The summed E-state index contributed by atoms with van der Waals surface area (Å²) in [7, 11) is 0. The lowest BCUT2D eigenvalue weighted by Crippen LogP contribution is -2.48. The highest BCUT2D eigenvalue weighted by atomic mass is 35.5. The number of hydrogen-bond acceptors (Lipinski definition) is 5. The van der Waals surface area contributed by atoms with Crippen LogP contribution in [0.3, 0.4) is 0 Å². The molecule has 1 aliphatic rings. The number of anilines is 1. The highest BCUT2D eigenvalue weighted by Gasteiger charge is 2.18. The fourth-order valence-electron chi connectivity index (χ4n) is 3.33. The molecule has 0 unspecified atom stereocenters. The Labute approximate surface area is 159 Å². The van der Waals surface area contributed by atoms with Gasteiger partial charge in [-0.25, -0.2) is 4.79 Å². The van der Waals surface area contributed by atoms with Gasteiger partial charge in [0.15, 0.2) is 0 Å². The summed E-state index contributed by atoms with van der Waals surface area (Å²) in [5, 5.41) is 4.90. The Morgan fingerprint density at radius 1 is 1.08 bits per heavy atom. The number of benzene rings is 1. The number of aromatic amines is 1. The van der Waals surface area contributed by atoms with Crippen LogP contribution in [0.4, 0.5) is 5.69 Å². The third-order valence-electron chi connectivity index (χ3n) is 4.81. The Morgan fingerprint density at radius 2 is 1.88 bits per heavy atom. The van der Waals surface area contributed by atoms with Crippen molar-refractivity contribution in [2.75, 3.05) is 37.6 Å². The molecule has 0 aliphatic carbocycles. The number of thiophene rings is 1. The molecule has 8 heteroatoms. The van der Waals surface area contributed by atoms with Crippen LogP contribution in [-0.2, 0) is 6.54 Å². The Morgan fingerprint density at radius 3 is 2.65 bits per heavy atom. The minimum atomic E-state index is -0.335.